The number of carbonyl (C=O) groups is 3. The van der Waals surface area contributed by atoms with Gasteiger partial charge in [-0.15, -0.1) is 0 Å². The summed E-state index contributed by atoms with van der Waals surface area (Å²) in [6.07, 6.45) is 5.43. The number of carboxylic acid groups (broad SMARTS) is 1. The molecular formula is C20H10Cl2O5. The predicted octanol–water partition coefficient (Wildman–Crippen LogP) is 3.96. The lowest BCUT2D eigenvalue weighted by Gasteiger charge is -2.33. The summed E-state index contributed by atoms with van der Waals surface area (Å²) >= 11 is 12.1. The zero-order chi connectivity index (χ0) is 19.3. The van der Waals surface area contributed by atoms with E-state index in [1.807, 2.05) is 0 Å². The van der Waals surface area contributed by atoms with Gasteiger partial charge >= 0.3 is 5.97 Å². The first-order valence-corrected chi connectivity index (χ1v) is 8.64. The van der Waals surface area contributed by atoms with E-state index in [1.165, 1.54) is 30.4 Å². The van der Waals surface area contributed by atoms with Gasteiger partial charge in [0.25, 0.3) is 0 Å². The summed E-state index contributed by atoms with van der Waals surface area (Å²) in [6.45, 7) is 0. The van der Waals surface area contributed by atoms with Gasteiger partial charge in [0.15, 0.2) is 5.78 Å². The van der Waals surface area contributed by atoms with Crippen LogP contribution in [0.4, 0.5) is 0 Å². The number of ether oxygens (including phenoxy) is 1. The number of hydrogen-bond acceptors (Lipinski definition) is 4. The fourth-order valence-corrected chi connectivity index (χ4v) is 3.60. The Morgan fingerprint density at radius 2 is 1.70 bits per heavy atom. The second-order valence-corrected chi connectivity index (χ2v) is 6.86. The molecule has 0 fully saturated rings. The molecule has 1 atom stereocenters. The summed E-state index contributed by atoms with van der Waals surface area (Å²) in [6, 6.07) is 6.45. The van der Waals surface area contributed by atoms with Crippen molar-refractivity contribution < 1.29 is 24.2 Å². The zero-order valence-electron chi connectivity index (χ0n) is 13.5. The Bertz CT molecular complexity index is 1090. The summed E-state index contributed by atoms with van der Waals surface area (Å²) in [5, 5.41) is 9.59. The summed E-state index contributed by atoms with van der Waals surface area (Å²) in [7, 11) is 0. The van der Waals surface area contributed by atoms with Gasteiger partial charge in [-0.05, 0) is 29.4 Å². The number of benzene rings is 1. The van der Waals surface area contributed by atoms with E-state index in [-0.39, 0.29) is 27.1 Å². The van der Waals surface area contributed by atoms with Gasteiger partial charge in [0.2, 0.25) is 5.78 Å². The fraction of sp³-hybridized carbons (Fsp3) is 0.0500. The van der Waals surface area contributed by atoms with Crippen LogP contribution in [-0.4, -0.2) is 22.6 Å². The maximum absolute atomic E-state index is 12.0. The molecule has 4 rings (SSSR count). The average molecular weight is 401 g/mol. The van der Waals surface area contributed by atoms with E-state index in [0.29, 0.717) is 16.7 Å². The molecule has 0 saturated heterocycles. The van der Waals surface area contributed by atoms with Crippen LogP contribution in [0.25, 0.3) is 5.57 Å². The highest BCUT2D eigenvalue weighted by molar-refractivity contribution is 6.45. The number of rotatable bonds is 2. The molecule has 0 bridgehead atoms. The molecule has 0 amide bonds. The van der Waals surface area contributed by atoms with Gasteiger partial charge in [-0.25, -0.2) is 4.79 Å². The molecule has 1 N–H and O–H groups in total. The van der Waals surface area contributed by atoms with Gasteiger partial charge in [0.05, 0.1) is 21.5 Å². The molecule has 0 aromatic heterocycles. The molecule has 0 radical (unpaired) electrons. The third-order valence-electron chi connectivity index (χ3n) is 4.44. The van der Waals surface area contributed by atoms with E-state index in [4.69, 9.17) is 27.9 Å². The van der Waals surface area contributed by atoms with Crippen molar-refractivity contribution in [2.24, 2.45) is 5.92 Å². The molecule has 7 heteroatoms. The van der Waals surface area contributed by atoms with Crippen LogP contribution in [0.3, 0.4) is 0 Å². The second-order valence-electron chi connectivity index (χ2n) is 6.05. The van der Waals surface area contributed by atoms with Crippen LogP contribution in [-0.2, 0) is 14.3 Å². The Morgan fingerprint density at radius 1 is 1.00 bits per heavy atom. The Hall–Kier alpha value is -2.89. The Morgan fingerprint density at radius 3 is 2.44 bits per heavy atom. The lowest BCUT2D eigenvalue weighted by atomic mass is 9.79. The van der Waals surface area contributed by atoms with Crippen molar-refractivity contribution in [1.29, 1.82) is 0 Å². The number of carboxylic acids is 1. The molecule has 3 aliphatic rings. The molecular weight excluding hydrogens is 391 g/mol. The molecule has 5 nitrogen and oxygen atoms in total. The fourth-order valence-electron chi connectivity index (χ4n) is 3.26. The quantitative estimate of drug-likeness (QED) is 0.812. The van der Waals surface area contributed by atoms with Gasteiger partial charge in [-0.1, -0.05) is 41.4 Å². The first kappa shape index (κ1) is 17.5. The van der Waals surface area contributed by atoms with Crippen LogP contribution in [0, 0.1) is 5.92 Å². The molecule has 1 heterocycles. The van der Waals surface area contributed by atoms with Crippen molar-refractivity contribution in [3.8, 4) is 0 Å². The SMILES string of the molecule is O=C1C=C2OC3=CC(=O)C(Cl)=CC3C(c3ccccc3C(=O)O)=C2C=C1Cl. The van der Waals surface area contributed by atoms with Crippen LogP contribution >= 0.6 is 23.2 Å². The van der Waals surface area contributed by atoms with Crippen LogP contribution < -0.4 is 0 Å². The topological polar surface area (TPSA) is 80.7 Å². The van der Waals surface area contributed by atoms with E-state index in [2.05, 4.69) is 0 Å². The van der Waals surface area contributed by atoms with E-state index in [9.17, 15) is 19.5 Å². The standard InChI is InChI=1S/C20H10Cl2O5/c21-13-5-11-17(7-15(13)23)27-18-8-16(24)14(22)6-12(18)19(11)9-3-1-2-4-10(9)20(25)26/h1-8,11H,(H,25,26). The third-order valence-corrected chi connectivity index (χ3v) is 5.05. The van der Waals surface area contributed by atoms with Gasteiger partial charge in [-0.2, -0.15) is 0 Å². The van der Waals surface area contributed by atoms with Crippen molar-refractivity contribution >= 4 is 46.3 Å². The summed E-state index contributed by atoms with van der Waals surface area (Å²) in [4.78, 5) is 35.7. The summed E-state index contributed by atoms with van der Waals surface area (Å²) in [5.74, 6) is -2.07. The van der Waals surface area contributed by atoms with Crippen LogP contribution in [0.15, 0.2) is 75.7 Å². The van der Waals surface area contributed by atoms with Gasteiger partial charge in [0, 0.05) is 17.7 Å². The summed E-state index contributed by atoms with van der Waals surface area (Å²) < 4.78 is 5.75. The van der Waals surface area contributed by atoms with E-state index in [1.54, 1.807) is 18.2 Å². The van der Waals surface area contributed by atoms with Crippen molar-refractivity contribution in [3.63, 3.8) is 0 Å². The molecule has 1 aliphatic heterocycles. The Balaban J connectivity index is 2.06. The lowest BCUT2D eigenvalue weighted by Crippen LogP contribution is -2.24. The van der Waals surface area contributed by atoms with Crippen LogP contribution in [0.2, 0.25) is 0 Å². The Labute approximate surface area is 163 Å². The van der Waals surface area contributed by atoms with Crippen molar-refractivity contribution in [3.05, 3.63) is 86.9 Å². The maximum Gasteiger partial charge on any atom is 0.336 e. The van der Waals surface area contributed by atoms with Crippen molar-refractivity contribution in [2.75, 3.05) is 0 Å². The van der Waals surface area contributed by atoms with Crippen LogP contribution in [0.1, 0.15) is 15.9 Å². The monoisotopic (exact) mass is 400 g/mol. The predicted molar refractivity (Wildman–Crippen MR) is 98.9 cm³/mol. The number of ketones is 2. The lowest BCUT2D eigenvalue weighted by molar-refractivity contribution is -0.111. The summed E-state index contributed by atoms with van der Waals surface area (Å²) in [5.41, 5.74) is 1.53. The van der Waals surface area contributed by atoms with E-state index >= 15 is 0 Å². The van der Waals surface area contributed by atoms with E-state index in [0.717, 1.165) is 0 Å². The van der Waals surface area contributed by atoms with Crippen molar-refractivity contribution in [1.82, 2.24) is 0 Å². The number of fused-ring (bicyclic) bond motifs is 2. The average Bonchev–Trinajstić information content (AvgIpc) is 2.63. The largest absolute Gasteiger partial charge is 0.478 e. The molecule has 1 aromatic carbocycles. The highest BCUT2D eigenvalue weighted by Gasteiger charge is 2.37. The minimum Gasteiger partial charge on any atom is -0.478 e. The first-order valence-electron chi connectivity index (χ1n) is 7.88. The molecule has 134 valence electrons. The molecule has 0 saturated carbocycles. The van der Waals surface area contributed by atoms with Gasteiger partial charge in [0.1, 0.15) is 11.5 Å². The number of carbonyl (C=O) groups excluding carboxylic acids is 2. The molecule has 1 aromatic rings. The smallest absolute Gasteiger partial charge is 0.336 e. The molecule has 27 heavy (non-hydrogen) atoms. The van der Waals surface area contributed by atoms with Gasteiger partial charge in [-0.3, -0.25) is 9.59 Å². The molecule has 0 spiro atoms. The number of aromatic carboxylic acids is 1. The third kappa shape index (κ3) is 2.85. The highest BCUT2D eigenvalue weighted by atomic mass is 35.5. The first-order chi connectivity index (χ1) is 12.9. The highest BCUT2D eigenvalue weighted by Crippen LogP contribution is 2.47. The number of hydrogen-bond donors (Lipinski definition) is 1. The van der Waals surface area contributed by atoms with E-state index < -0.39 is 23.5 Å². The van der Waals surface area contributed by atoms with Gasteiger partial charge < -0.3 is 9.84 Å². The van der Waals surface area contributed by atoms with Crippen molar-refractivity contribution in [2.45, 2.75) is 0 Å². The minimum atomic E-state index is -1.11. The molecule has 1 unspecified atom stereocenters. The number of halogens is 2. The minimum absolute atomic E-state index is 0.00708. The molecule has 2 aliphatic carbocycles. The van der Waals surface area contributed by atoms with Crippen LogP contribution in [0.5, 0.6) is 0 Å². The Kier molecular flexibility index (Phi) is 4.13. The zero-order valence-corrected chi connectivity index (χ0v) is 15.0. The number of allylic oxidation sites excluding steroid dienone is 6. The second kappa shape index (κ2) is 6.37. The normalized spacial score (nSPS) is 21.3. The maximum atomic E-state index is 12.0.